The Balaban J connectivity index is 3.79. The molecule has 5 heteroatoms. The summed E-state index contributed by atoms with van der Waals surface area (Å²) in [6, 6.07) is 0. The molecule has 1 N–H and O–H groups in total. The van der Waals surface area contributed by atoms with Crippen LogP contribution in [0.2, 0.25) is 0 Å². The van der Waals surface area contributed by atoms with Crippen LogP contribution in [-0.4, -0.2) is 31.1 Å². The number of halogens is 3. The minimum Gasteiger partial charge on any atom is -0.393 e. The van der Waals surface area contributed by atoms with Gasteiger partial charge in [-0.15, -0.1) is 0 Å². The standard InChI is InChI=1S/C4H7F3O2/c1-9-3(2-8)4(5,6)7/h3,8H,2H2,1H3/t3-/m1/s1. The first-order valence-electron chi connectivity index (χ1n) is 2.22. The van der Waals surface area contributed by atoms with E-state index in [1.165, 1.54) is 0 Å². The third-order valence-corrected chi connectivity index (χ3v) is 0.815. The Bertz CT molecular complexity index is 76.4. The van der Waals surface area contributed by atoms with Gasteiger partial charge in [0.25, 0.3) is 0 Å². The number of alkyl halides is 3. The van der Waals surface area contributed by atoms with Crippen LogP contribution in [0.25, 0.3) is 0 Å². The summed E-state index contributed by atoms with van der Waals surface area (Å²) in [5.41, 5.74) is 0. The molecular formula is C4H7F3O2. The van der Waals surface area contributed by atoms with Crippen molar-refractivity contribution in [3.8, 4) is 0 Å². The first-order chi connectivity index (χ1) is 4.02. The average Bonchev–Trinajstić information content (AvgIpc) is 1.65. The minimum atomic E-state index is -4.45. The molecule has 0 aliphatic carbocycles. The van der Waals surface area contributed by atoms with Crippen LogP contribution >= 0.6 is 0 Å². The molecule has 1 atom stereocenters. The van der Waals surface area contributed by atoms with E-state index in [0.29, 0.717) is 0 Å². The molecule has 0 radical (unpaired) electrons. The summed E-state index contributed by atoms with van der Waals surface area (Å²) in [7, 11) is 0.897. The van der Waals surface area contributed by atoms with Gasteiger partial charge in [-0.25, -0.2) is 0 Å². The zero-order valence-corrected chi connectivity index (χ0v) is 4.77. The van der Waals surface area contributed by atoms with Crippen molar-refractivity contribution < 1.29 is 23.0 Å². The second-order valence-corrected chi connectivity index (χ2v) is 1.45. The molecule has 0 fully saturated rings. The normalized spacial score (nSPS) is 15.7. The third-order valence-electron chi connectivity index (χ3n) is 0.815. The van der Waals surface area contributed by atoms with Gasteiger partial charge in [0.15, 0.2) is 6.10 Å². The molecule has 0 aromatic carbocycles. The summed E-state index contributed by atoms with van der Waals surface area (Å²) < 4.78 is 38.2. The highest BCUT2D eigenvalue weighted by atomic mass is 19.4. The van der Waals surface area contributed by atoms with Gasteiger partial charge in [0.05, 0.1) is 6.61 Å². The quantitative estimate of drug-likeness (QED) is 0.613. The topological polar surface area (TPSA) is 29.5 Å². The predicted molar refractivity (Wildman–Crippen MR) is 23.9 cm³/mol. The van der Waals surface area contributed by atoms with E-state index in [4.69, 9.17) is 5.11 Å². The molecule has 9 heavy (non-hydrogen) atoms. The molecule has 0 saturated heterocycles. The minimum absolute atomic E-state index is 0.897. The Kier molecular flexibility index (Phi) is 2.93. The third kappa shape index (κ3) is 2.67. The Labute approximate surface area is 50.2 Å². The van der Waals surface area contributed by atoms with E-state index in [1.807, 2.05) is 0 Å². The zero-order valence-electron chi connectivity index (χ0n) is 4.77. The van der Waals surface area contributed by atoms with Crippen molar-refractivity contribution in [1.82, 2.24) is 0 Å². The highest BCUT2D eigenvalue weighted by molar-refractivity contribution is 4.64. The lowest BCUT2D eigenvalue weighted by Gasteiger charge is -2.14. The molecule has 0 aromatic heterocycles. The molecular weight excluding hydrogens is 137 g/mol. The fourth-order valence-corrected chi connectivity index (χ4v) is 0.312. The van der Waals surface area contributed by atoms with E-state index in [-0.39, 0.29) is 0 Å². The fourth-order valence-electron chi connectivity index (χ4n) is 0.312. The Morgan fingerprint density at radius 3 is 2.00 bits per heavy atom. The van der Waals surface area contributed by atoms with Crippen molar-refractivity contribution in [2.75, 3.05) is 13.7 Å². The second-order valence-electron chi connectivity index (χ2n) is 1.45. The SMILES string of the molecule is CO[C@H](CO)C(F)(F)F. The predicted octanol–water partition coefficient (Wildman–Crippen LogP) is 0.556. The molecule has 0 aliphatic heterocycles. The van der Waals surface area contributed by atoms with E-state index in [9.17, 15) is 13.2 Å². The summed E-state index contributed by atoms with van der Waals surface area (Å²) >= 11 is 0. The molecule has 0 heterocycles. The van der Waals surface area contributed by atoms with Crippen LogP contribution in [0.3, 0.4) is 0 Å². The monoisotopic (exact) mass is 144 g/mol. The lowest BCUT2D eigenvalue weighted by Crippen LogP contribution is -2.33. The molecule has 0 unspecified atom stereocenters. The smallest absolute Gasteiger partial charge is 0.393 e. The number of aliphatic hydroxyl groups excluding tert-OH is 1. The number of ether oxygens (including phenoxy) is 1. The summed E-state index contributed by atoms with van der Waals surface area (Å²) in [5.74, 6) is 0. The van der Waals surface area contributed by atoms with Gasteiger partial charge in [-0.05, 0) is 0 Å². The molecule has 2 nitrogen and oxygen atoms in total. The maximum atomic E-state index is 11.4. The van der Waals surface area contributed by atoms with Crippen molar-refractivity contribution in [1.29, 1.82) is 0 Å². The van der Waals surface area contributed by atoms with Crippen molar-refractivity contribution in [3.63, 3.8) is 0 Å². The second kappa shape index (κ2) is 3.03. The number of hydrogen-bond acceptors (Lipinski definition) is 2. The van der Waals surface area contributed by atoms with Crippen molar-refractivity contribution in [2.45, 2.75) is 12.3 Å². The van der Waals surface area contributed by atoms with Crippen LogP contribution in [-0.2, 0) is 4.74 Å². The summed E-state index contributed by atoms with van der Waals surface area (Å²) in [6.07, 6.45) is -6.50. The summed E-state index contributed by atoms with van der Waals surface area (Å²) in [6.45, 7) is -1.03. The Hall–Kier alpha value is -0.290. The van der Waals surface area contributed by atoms with E-state index in [2.05, 4.69) is 4.74 Å². The Morgan fingerprint density at radius 1 is 1.56 bits per heavy atom. The van der Waals surface area contributed by atoms with Gasteiger partial charge >= 0.3 is 6.18 Å². The molecule has 0 aliphatic rings. The van der Waals surface area contributed by atoms with Crippen LogP contribution in [0.1, 0.15) is 0 Å². The van der Waals surface area contributed by atoms with Crippen LogP contribution in [0.5, 0.6) is 0 Å². The van der Waals surface area contributed by atoms with E-state index >= 15 is 0 Å². The van der Waals surface area contributed by atoms with Gasteiger partial charge in [-0.2, -0.15) is 13.2 Å². The number of methoxy groups -OCH3 is 1. The lowest BCUT2D eigenvalue weighted by molar-refractivity contribution is -0.221. The molecule has 0 spiro atoms. The maximum Gasteiger partial charge on any atom is 0.416 e. The molecule has 56 valence electrons. The van der Waals surface area contributed by atoms with Crippen LogP contribution in [0.15, 0.2) is 0 Å². The van der Waals surface area contributed by atoms with Crippen LogP contribution in [0, 0.1) is 0 Å². The van der Waals surface area contributed by atoms with E-state index < -0.39 is 18.9 Å². The zero-order chi connectivity index (χ0) is 7.49. The fraction of sp³-hybridized carbons (Fsp3) is 1.00. The van der Waals surface area contributed by atoms with E-state index in [1.54, 1.807) is 0 Å². The number of rotatable bonds is 2. The molecule has 0 saturated carbocycles. The van der Waals surface area contributed by atoms with Gasteiger partial charge in [0.1, 0.15) is 0 Å². The number of aliphatic hydroxyl groups is 1. The first-order valence-corrected chi connectivity index (χ1v) is 2.22. The summed E-state index contributed by atoms with van der Waals surface area (Å²) in [5, 5.41) is 8.02. The molecule has 0 amide bonds. The van der Waals surface area contributed by atoms with Crippen LogP contribution < -0.4 is 0 Å². The molecule has 0 bridgehead atoms. The Morgan fingerprint density at radius 2 is 2.00 bits per heavy atom. The average molecular weight is 144 g/mol. The summed E-state index contributed by atoms with van der Waals surface area (Å²) in [4.78, 5) is 0. The van der Waals surface area contributed by atoms with Crippen LogP contribution in [0.4, 0.5) is 13.2 Å². The number of hydrogen-bond donors (Lipinski definition) is 1. The van der Waals surface area contributed by atoms with Gasteiger partial charge < -0.3 is 9.84 Å². The molecule has 0 aromatic rings. The van der Waals surface area contributed by atoms with Gasteiger partial charge in [-0.1, -0.05) is 0 Å². The van der Waals surface area contributed by atoms with Gasteiger partial charge in [0.2, 0.25) is 0 Å². The van der Waals surface area contributed by atoms with Crippen molar-refractivity contribution >= 4 is 0 Å². The van der Waals surface area contributed by atoms with Crippen molar-refractivity contribution in [2.24, 2.45) is 0 Å². The molecule has 0 rings (SSSR count). The lowest BCUT2D eigenvalue weighted by atomic mass is 10.4. The van der Waals surface area contributed by atoms with E-state index in [0.717, 1.165) is 7.11 Å². The van der Waals surface area contributed by atoms with Gasteiger partial charge in [-0.3, -0.25) is 0 Å². The maximum absolute atomic E-state index is 11.4. The highest BCUT2D eigenvalue weighted by Crippen LogP contribution is 2.21. The van der Waals surface area contributed by atoms with Gasteiger partial charge in [0, 0.05) is 7.11 Å². The van der Waals surface area contributed by atoms with Crippen molar-refractivity contribution in [3.05, 3.63) is 0 Å². The highest BCUT2D eigenvalue weighted by Gasteiger charge is 2.39. The largest absolute Gasteiger partial charge is 0.416 e. The first kappa shape index (κ1) is 8.71.